The van der Waals surface area contributed by atoms with E-state index in [9.17, 15) is 5.11 Å². The number of benzene rings is 1. The Morgan fingerprint density at radius 1 is 1.24 bits per heavy atom. The summed E-state index contributed by atoms with van der Waals surface area (Å²) in [5, 5.41) is 9.78. The minimum atomic E-state index is -0.352. The van der Waals surface area contributed by atoms with E-state index in [-0.39, 0.29) is 11.5 Å². The average molecular weight is 248 g/mol. The second kappa shape index (κ2) is 6.74. The molecular weight excluding hydrogens is 228 g/mol. The standard InChI is InChI=1S/C15H20OS/c1-15(2,3)11-7-8-13(16)12-17-14-9-5-4-6-10-14/h4-6,9-10,13,16H,8,12H2,1-3H3. The highest BCUT2D eigenvalue weighted by atomic mass is 32.2. The van der Waals surface area contributed by atoms with Crippen molar-refractivity contribution >= 4 is 11.8 Å². The summed E-state index contributed by atoms with van der Waals surface area (Å²) in [6.45, 7) is 6.22. The number of thioether (sulfide) groups is 1. The number of hydrogen-bond donors (Lipinski definition) is 1. The van der Waals surface area contributed by atoms with Gasteiger partial charge in [0.05, 0.1) is 6.10 Å². The van der Waals surface area contributed by atoms with Crippen molar-refractivity contribution in [1.82, 2.24) is 0 Å². The van der Waals surface area contributed by atoms with E-state index in [4.69, 9.17) is 0 Å². The fourth-order valence-corrected chi connectivity index (χ4v) is 2.05. The van der Waals surface area contributed by atoms with Gasteiger partial charge < -0.3 is 5.11 Å². The Hall–Kier alpha value is -0.910. The molecule has 0 amide bonds. The first kappa shape index (κ1) is 14.2. The maximum absolute atomic E-state index is 9.78. The van der Waals surface area contributed by atoms with Gasteiger partial charge in [-0.05, 0) is 32.9 Å². The largest absolute Gasteiger partial charge is 0.391 e. The fraction of sp³-hybridized carbons (Fsp3) is 0.467. The number of aliphatic hydroxyl groups is 1. The minimum absolute atomic E-state index is 0.0201. The first-order chi connectivity index (χ1) is 7.97. The fourth-order valence-electron chi connectivity index (χ4n) is 1.20. The van der Waals surface area contributed by atoms with Crippen LogP contribution >= 0.6 is 11.8 Å². The Kier molecular flexibility index (Phi) is 5.61. The highest BCUT2D eigenvalue weighted by molar-refractivity contribution is 7.99. The van der Waals surface area contributed by atoms with Crippen molar-refractivity contribution in [2.45, 2.75) is 38.2 Å². The molecule has 1 atom stereocenters. The predicted molar refractivity (Wildman–Crippen MR) is 75.0 cm³/mol. The van der Waals surface area contributed by atoms with Crippen LogP contribution in [0.1, 0.15) is 27.2 Å². The predicted octanol–water partition coefficient (Wildman–Crippen LogP) is 3.58. The van der Waals surface area contributed by atoms with Gasteiger partial charge in [0.1, 0.15) is 0 Å². The van der Waals surface area contributed by atoms with Gasteiger partial charge in [0.15, 0.2) is 0 Å². The van der Waals surface area contributed by atoms with Crippen molar-refractivity contribution < 1.29 is 5.11 Å². The molecule has 0 aliphatic carbocycles. The van der Waals surface area contributed by atoms with Crippen molar-refractivity contribution in [2.75, 3.05) is 5.75 Å². The van der Waals surface area contributed by atoms with Gasteiger partial charge in [0.25, 0.3) is 0 Å². The summed E-state index contributed by atoms with van der Waals surface area (Å²) < 4.78 is 0. The monoisotopic (exact) mass is 248 g/mol. The zero-order chi connectivity index (χ0) is 12.7. The van der Waals surface area contributed by atoms with Crippen molar-refractivity contribution in [3.8, 4) is 11.8 Å². The van der Waals surface area contributed by atoms with Gasteiger partial charge in [-0.1, -0.05) is 24.1 Å². The molecular formula is C15H20OS. The molecule has 0 saturated carbocycles. The first-order valence-corrected chi connectivity index (χ1v) is 6.82. The summed E-state index contributed by atoms with van der Waals surface area (Å²) >= 11 is 1.67. The third-order valence-corrected chi connectivity index (χ3v) is 3.14. The Bertz CT molecular complexity index is 381. The van der Waals surface area contributed by atoms with E-state index in [1.165, 1.54) is 4.90 Å². The third kappa shape index (κ3) is 7.10. The molecule has 1 N–H and O–H groups in total. The molecule has 0 aromatic heterocycles. The Morgan fingerprint density at radius 3 is 2.47 bits per heavy atom. The number of hydrogen-bond acceptors (Lipinski definition) is 2. The average Bonchev–Trinajstić information content (AvgIpc) is 2.26. The van der Waals surface area contributed by atoms with Crippen LogP contribution in [0, 0.1) is 17.3 Å². The summed E-state index contributed by atoms with van der Waals surface area (Å²) in [6.07, 6.45) is 0.201. The lowest BCUT2D eigenvalue weighted by Gasteiger charge is -2.09. The van der Waals surface area contributed by atoms with Crippen LogP contribution in [0.15, 0.2) is 35.2 Å². The highest BCUT2D eigenvalue weighted by Crippen LogP contribution is 2.18. The molecule has 2 heteroatoms. The molecule has 1 aromatic carbocycles. The molecule has 17 heavy (non-hydrogen) atoms. The Labute approximate surface area is 109 Å². The van der Waals surface area contributed by atoms with Crippen LogP contribution in [0.4, 0.5) is 0 Å². The van der Waals surface area contributed by atoms with Gasteiger partial charge >= 0.3 is 0 Å². The van der Waals surface area contributed by atoms with Gasteiger partial charge in [-0.25, -0.2) is 0 Å². The molecule has 92 valence electrons. The summed E-state index contributed by atoms with van der Waals surface area (Å²) in [4.78, 5) is 1.19. The van der Waals surface area contributed by atoms with Crippen LogP contribution in [-0.4, -0.2) is 17.0 Å². The number of aliphatic hydroxyl groups excluding tert-OH is 1. The van der Waals surface area contributed by atoms with Crippen molar-refractivity contribution in [2.24, 2.45) is 5.41 Å². The van der Waals surface area contributed by atoms with Gasteiger partial charge in [-0.2, -0.15) is 0 Å². The minimum Gasteiger partial charge on any atom is -0.391 e. The molecule has 0 spiro atoms. The molecule has 1 aromatic rings. The van der Waals surface area contributed by atoms with Crippen LogP contribution in [0.5, 0.6) is 0 Å². The van der Waals surface area contributed by atoms with E-state index in [2.05, 4.69) is 44.7 Å². The molecule has 0 aliphatic heterocycles. The Morgan fingerprint density at radius 2 is 1.88 bits per heavy atom. The zero-order valence-corrected chi connectivity index (χ0v) is 11.6. The van der Waals surface area contributed by atoms with E-state index in [0.717, 1.165) is 0 Å². The van der Waals surface area contributed by atoms with Gasteiger partial charge in [-0.15, -0.1) is 17.7 Å². The second-order valence-electron chi connectivity index (χ2n) is 5.03. The second-order valence-corrected chi connectivity index (χ2v) is 6.13. The summed E-state index contributed by atoms with van der Waals surface area (Å²) in [5.41, 5.74) is 0.0201. The lowest BCUT2D eigenvalue weighted by molar-refractivity contribution is 0.205. The van der Waals surface area contributed by atoms with E-state index in [0.29, 0.717) is 12.2 Å². The summed E-state index contributed by atoms with van der Waals surface area (Å²) in [6, 6.07) is 10.1. The highest BCUT2D eigenvalue weighted by Gasteiger charge is 2.05. The maximum Gasteiger partial charge on any atom is 0.0743 e. The first-order valence-electron chi connectivity index (χ1n) is 5.83. The lowest BCUT2D eigenvalue weighted by atomic mass is 9.98. The molecule has 0 aliphatic rings. The molecule has 1 nitrogen and oxygen atoms in total. The normalized spacial score (nSPS) is 12.7. The quantitative estimate of drug-likeness (QED) is 0.649. The van der Waals surface area contributed by atoms with Crippen LogP contribution in [0.25, 0.3) is 0 Å². The van der Waals surface area contributed by atoms with Crippen LogP contribution in [-0.2, 0) is 0 Å². The molecule has 1 rings (SSSR count). The molecule has 0 bridgehead atoms. The van der Waals surface area contributed by atoms with Crippen LogP contribution in [0.3, 0.4) is 0 Å². The molecule has 0 radical (unpaired) electrons. The van der Waals surface area contributed by atoms with Gasteiger partial charge in [-0.3, -0.25) is 0 Å². The summed E-state index contributed by atoms with van der Waals surface area (Å²) in [7, 11) is 0. The van der Waals surface area contributed by atoms with Crippen LogP contribution < -0.4 is 0 Å². The molecule has 0 saturated heterocycles. The lowest BCUT2D eigenvalue weighted by Crippen LogP contribution is -2.09. The van der Waals surface area contributed by atoms with Gasteiger partial charge in [0.2, 0.25) is 0 Å². The Balaban J connectivity index is 2.30. The van der Waals surface area contributed by atoms with Crippen molar-refractivity contribution in [1.29, 1.82) is 0 Å². The van der Waals surface area contributed by atoms with Crippen LogP contribution in [0.2, 0.25) is 0 Å². The van der Waals surface area contributed by atoms with E-state index >= 15 is 0 Å². The summed E-state index contributed by atoms with van der Waals surface area (Å²) in [5.74, 6) is 6.88. The number of rotatable bonds is 4. The van der Waals surface area contributed by atoms with E-state index < -0.39 is 0 Å². The zero-order valence-electron chi connectivity index (χ0n) is 10.7. The molecule has 0 heterocycles. The molecule has 0 fully saturated rings. The smallest absolute Gasteiger partial charge is 0.0743 e. The van der Waals surface area contributed by atoms with E-state index in [1.54, 1.807) is 11.8 Å². The molecule has 1 unspecified atom stereocenters. The van der Waals surface area contributed by atoms with Crippen molar-refractivity contribution in [3.05, 3.63) is 30.3 Å². The maximum atomic E-state index is 9.78. The topological polar surface area (TPSA) is 20.2 Å². The van der Waals surface area contributed by atoms with Crippen molar-refractivity contribution in [3.63, 3.8) is 0 Å². The van der Waals surface area contributed by atoms with E-state index in [1.807, 2.05) is 18.2 Å². The van der Waals surface area contributed by atoms with Gasteiger partial charge in [0, 0.05) is 22.5 Å². The third-order valence-electron chi connectivity index (χ3n) is 1.99. The SMILES string of the molecule is CC(C)(C)C#CCC(O)CSc1ccccc1.